The highest BCUT2D eigenvalue weighted by molar-refractivity contribution is 9.10. The molecule has 118 valence electrons. The number of nitrogens with one attached hydrogen (secondary N) is 1. The molecule has 0 spiro atoms. The third-order valence-electron chi connectivity index (χ3n) is 3.00. The van der Waals surface area contributed by atoms with Crippen LogP contribution in [0.15, 0.2) is 22.7 Å². The van der Waals surface area contributed by atoms with E-state index >= 15 is 0 Å². The van der Waals surface area contributed by atoms with Gasteiger partial charge in [-0.2, -0.15) is 13.2 Å². The van der Waals surface area contributed by atoms with Gasteiger partial charge in [0.05, 0.1) is 5.56 Å². The van der Waals surface area contributed by atoms with Gasteiger partial charge in [-0.15, -0.1) is 0 Å². The second-order valence-corrected chi connectivity index (χ2v) is 5.73. The standard InChI is InChI=1S/C14H17BrF3NO2/c1-9(8-20)3-2-6-19-13(21)10-4-5-12(15)11(7-10)14(16,17)18/h4-5,7,9,20H,2-3,6,8H2,1H3,(H,19,21). The van der Waals surface area contributed by atoms with Crippen molar-refractivity contribution in [3.05, 3.63) is 33.8 Å². The minimum Gasteiger partial charge on any atom is -0.396 e. The van der Waals surface area contributed by atoms with Gasteiger partial charge >= 0.3 is 6.18 Å². The molecule has 1 atom stereocenters. The summed E-state index contributed by atoms with van der Waals surface area (Å²) in [6, 6.07) is 3.38. The van der Waals surface area contributed by atoms with Crippen LogP contribution in [0.2, 0.25) is 0 Å². The van der Waals surface area contributed by atoms with Crippen molar-refractivity contribution >= 4 is 21.8 Å². The molecule has 3 nitrogen and oxygen atoms in total. The van der Waals surface area contributed by atoms with Crippen LogP contribution in [0.25, 0.3) is 0 Å². The average Bonchev–Trinajstić information content (AvgIpc) is 2.42. The van der Waals surface area contributed by atoms with Crippen molar-refractivity contribution in [3.8, 4) is 0 Å². The molecule has 1 rings (SSSR count). The lowest BCUT2D eigenvalue weighted by molar-refractivity contribution is -0.138. The molecule has 2 N–H and O–H groups in total. The maximum absolute atomic E-state index is 12.7. The number of halogens is 4. The fourth-order valence-corrected chi connectivity index (χ4v) is 2.20. The molecular formula is C14H17BrF3NO2. The van der Waals surface area contributed by atoms with Crippen molar-refractivity contribution in [2.45, 2.75) is 25.9 Å². The Morgan fingerprint density at radius 2 is 2.10 bits per heavy atom. The molecular weight excluding hydrogens is 351 g/mol. The Morgan fingerprint density at radius 3 is 2.67 bits per heavy atom. The molecule has 1 aromatic carbocycles. The van der Waals surface area contributed by atoms with Crippen LogP contribution in [0, 0.1) is 5.92 Å². The Balaban J connectivity index is 2.63. The number of hydrogen-bond acceptors (Lipinski definition) is 2. The van der Waals surface area contributed by atoms with Gasteiger partial charge in [0.1, 0.15) is 0 Å². The number of amides is 1. The monoisotopic (exact) mass is 367 g/mol. The molecule has 0 aliphatic rings. The zero-order chi connectivity index (χ0) is 16.0. The van der Waals surface area contributed by atoms with Gasteiger partial charge < -0.3 is 10.4 Å². The lowest BCUT2D eigenvalue weighted by atomic mass is 10.1. The number of alkyl halides is 3. The summed E-state index contributed by atoms with van der Waals surface area (Å²) in [5, 5.41) is 11.4. The smallest absolute Gasteiger partial charge is 0.396 e. The van der Waals surface area contributed by atoms with E-state index in [1.165, 1.54) is 12.1 Å². The van der Waals surface area contributed by atoms with Crippen molar-refractivity contribution < 1.29 is 23.1 Å². The number of carbonyl (C=O) groups is 1. The minimum atomic E-state index is -4.51. The quantitative estimate of drug-likeness (QED) is 0.754. The first-order valence-corrected chi connectivity index (χ1v) is 7.30. The van der Waals surface area contributed by atoms with Crippen molar-refractivity contribution in [2.24, 2.45) is 5.92 Å². The molecule has 1 aromatic rings. The Morgan fingerprint density at radius 1 is 1.43 bits per heavy atom. The predicted molar refractivity (Wildman–Crippen MR) is 77.0 cm³/mol. The first-order chi connectivity index (χ1) is 9.75. The van der Waals surface area contributed by atoms with E-state index in [4.69, 9.17) is 5.11 Å². The summed E-state index contributed by atoms with van der Waals surface area (Å²) < 4.78 is 38.1. The Hall–Kier alpha value is -1.08. The topological polar surface area (TPSA) is 49.3 Å². The summed E-state index contributed by atoms with van der Waals surface area (Å²) in [5.74, 6) is -0.393. The summed E-state index contributed by atoms with van der Waals surface area (Å²) in [6.07, 6.45) is -3.10. The van der Waals surface area contributed by atoms with E-state index in [0.717, 1.165) is 12.5 Å². The van der Waals surface area contributed by atoms with Crippen LogP contribution in [-0.4, -0.2) is 24.2 Å². The summed E-state index contributed by atoms with van der Waals surface area (Å²) in [7, 11) is 0. The fraction of sp³-hybridized carbons (Fsp3) is 0.500. The molecule has 0 heterocycles. The van der Waals surface area contributed by atoms with Crippen molar-refractivity contribution in [3.63, 3.8) is 0 Å². The SMILES string of the molecule is CC(CO)CCCNC(=O)c1ccc(Br)c(C(F)(F)F)c1. The Labute approximate surface area is 129 Å². The normalized spacial score (nSPS) is 13.0. The number of carbonyl (C=O) groups excluding carboxylic acids is 1. The molecule has 0 radical (unpaired) electrons. The van der Waals surface area contributed by atoms with E-state index < -0.39 is 17.6 Å². The molecule has 0 saturated heterocycles. The molecule has 0 saturated carbocycles. The molecule has 0 bridgehead atoms. The molecule has 1 unspecified atom stereocenters. The van der Waals surface area contributed by atoms with Crippen molar-refractivity contribution in [1.82, 2.24) is 5.32 Å². The van der Waals surface area contributed by atoms with Gasteiger partial charge in [-0.05, 0) is 37.0 Å². The number of hydrogen-bond donors (Lipinski definition) is 2. The summed E-state index contributed by atoms with van der Waals surface area (Å²) >= 11 is 2.83. The number of aliphatic hydroxyl groups is 1. The van der Waals surface area contributed by atoms with Crippen molar-refractivity contribution in [1.29, 1.82) is 0 Å². The van der Waals surface area contributed by atoms with Crippen LogP contribution in [0.1, 0.15) is 35.7 Å². The van der Waals surface area contributed by atoms with Crippen LogP contribution in [0.4, 0.5) is 13.2 Å². The van der Waals surface area contributed by atoms with Gasteiger partial charge in [-0.3, -0.25) is 4.79 Å². The highest BCUT2D eigenvalue weighted by Gasteiger charge is 2.33. The molecule has 1 amide bonds. The Bertz CT molecular complexity index is 492. The predicted octanol–water partition coefficient (Wildman–Crippen LogP) is 3.61. The first-order valence-electron chi connectivity index (χ1n) is 6.51. The summed E-state index contributed by atoms with van der Waals surface area (Å²) in [5.41, 5.74) is -0.898. The van der Waals surface area contributed by atoms with Gasteiger partial charge in [0, 0.05) is 23.2 Å². The lowest BCUT2D eigenvalue weighted by Gasteiger charge is -2.12. The molecule has 0 aromatic heterocycles. The first kappa shape index (κ1) is 18.0. The largest absolute Gasteiger partial charge is 0.417 e. The van der Waals surface area contributed by atoms with E-state index in [1.807, 2.05) is 6.92 Å². The maximum atomic E-state index is 12.7. The van der Waals surface area contributed by atoms with Crippen LogP contribution in [-0.2, 0) is 6.18 Å². The maximum Gasteiger partial charge on any atom is 0.417 e. The van der Waals surface area contributed by atoms with Gasteiger partial charge in [0.15, 0.2) is 0 Å². The average molecular weight is 368 g/mol. The summed E-state index contributed by atoms with van der Waals surface area (Å²) in [6.45, 7) is 2.32. The second-order valence-electron chi connectivity index (χ2n) is 4.88. The zero-order valence-electron chi connectivity index (χ0n) is 11.5. The Kier molecular flexibility index (Phi) is 6.67. The van der Waals surface area contributed by atoms with Crippen LogP contribution >= 0.6 is 15.9 Å². The zero-order valence-corrected chi connectivity index (χ0v) is 13.1. The number of rotatable bonds is 6. The third kappa shape index (κ3) is 5.67. The van der Waals surface area contributed by atoms with E-state index in [1.54, 1.807) is 0 Å². The highest BCUT2D eigenvalue weighted by atomic mass is 79.9. The third-order valence-corrected chi connectivity index (χ3v) is 3.70. The molecule has 7 heteroatoms. The highest BCUT2D eigenvalue weighted by Crippen LogP contribution is 2.35. The summed E-state index contributed by atoms with van der Waals surface area (Å²) in [4.78, 5) is 11.8. The number of benzene rings is 1. The van der Waals surface area contributed by atoms with Crippen LogP contribution < -0.4 is 5.32 Å². The molecule has 0 fully saturated rings. The van der Waals surface area contributed by atoms with Gasteiger partial charge in [-0.25, -0.2) is 0 Å². The van der Waals surface area contributed by atoms with Crippen LogP contribution in [0.3, 0.4) is 0 Å². The van der Waals surface area contributed by atoms with Gasteiger partial charge in [0.25, 0.3) is 5.91 Å². The second kappa shape index (κ2) is 7.79. The van der Waals surface area contributed by atoms with E-state index in [-0.39, 0.29) is 22.6 Å². The van der Waals surface area contributed by atoms with E-state index in [9.17, 15) is 18.0 Å². The number of aliphatic hydroxyl groups excluding tert-OH is 1. The van der Waals surface area contributed by atoms with Crippen LogP contribution in [0.5, 0.6) is 0 Å². The fourth-order valence-electron chi connectivity index (χ4n) is 1.73. The molecule has 0 aliphatic heterocycles. The van der Waals surface area contributed by atoms with E-state index in [0.29, 0.717) is 13.0 Å². The van der Waals surface area contributed by atoms with Crippen molar-refractivity contribution in [2.75, 3.05) is 13.2 Å². The molecule has 0 aliphatic carbocycles. The van der Waals surface area contributed by atoms with Gasteiger partial charge in [0.2, 0.25) is 0 Å². The van der Waals surface area contributed by atoms with Gasteiger partial charge in [-0.1, -0.05) is 22.9 Å². The minimum absolute atomic E-state index is 0.0271. The molecule has 21 heavy (non-hydrogen) atoms. The lowest BCUT2D eigenvalue weighted by Crippen LogP contribution is -2.25. The van der Waals surface area contributed by atoms with E-state index in [2.05, 4.69) is 21.2 Å².